The molecule has 0 unspecified atom stereocenters. The van der Waals surface area contributed by atoms with Gasteiger partial charge in [-0.1, -0.05) is 0 Å². The van der Waals surface area contributed by atoms with E-state index in [1.54, 1.807) is 25.7 Å². The zero-order valence-corrected chi connectivity index (χ0v) is 15.0. The minimum atomic E-state index is -0.596. The van der Waals surface area contributed by atoms with Crippen LogP contribution in [0.15, 0.2) is 0 Å². The van der Waals surface area contributed by atoms with Crippen LogP contribution in [0.25, 0.3) is 0 Å². The number of ether oxygens (including phenoxy) is 2. The summed E-state index contributed by atoms with van der Waals surface area (Å²) in [6, 6.07) is 0. The zero-order valence-electron chi connectivity index (χ0n) is 15.0. The Bertz CT molecular complexity index is 447. The van der Waals surface area contributed by atoms with Crippen molar-refractivity contribution in [2.24, 2.45) is 11.8 Å². The van der Waals surface area contributed by atoms with Crippen LogP contribution in [0.5, 0.6) is 0 Å². The van der Waals surface area contributed by atoms with Crippen molar-refractivity contribution in [1.29, 1.82) is 0 Å². The third kappa shape index (κ3) is 6.59. The largest absolute Gasteiger partial charge is 0.460 e. The van der Waals surface area contributed by atoms with E-state index in [-0.39, 0.29) is 24.4 Å². The predicted octanol–water partition coefficient (Wildman–Crippen LogP) is 2.79. The molecule has 23 heavy (non-hydrogen) atoms. The first-order valence-corrected chi connectivity index (χ1v) is 8.07. The third-order valence-electron chi connectivity index (χ3n) is 3.51. The first kappa shape index (κ1) is 19.5. The topological polar surface area (TPSA) is 72.9 Å². The average Bonchev–Trinajstić information content (AvgIpc) is 2.80. The van der Waals surface area contributed by atoms with Gasteiger partial charge in [-0.15, -0.1) is 0 Å². The molecule has 0 radical (unpaired) electrons. The molecular formula is C17H29NO5. The number of carbonyl (C=O) groups is 3. The van der Waals surface area contributed by atoms with E-state index >= 15 is 0 Å². The van der Waals surface area contributed by atoms with E-state index in [1.807, 2.05) is 20.8 Å². The maximum Gasteiger partial charge on any atom is 0.410 e. The molecule has 0 aromatic carbocycles. The van der Waals surface area contributed by atoms with Crippen LogP contribution >= 0.6 is 0 Å². The van der Waals surface area contributed by atoms with E-state index in [0.29, 0.717) is 19.5 Å². The van der Waals surface area contributed by atoms with Crippen LogP contribution in [-0.2, 0) is 19.1 Å². The minimum absolute atomic E-state index is 0.0810. The molecule has 2 atom stereocenters. The van der Waals surface area contributed by atoms with Gasteiger partial charge in [0, 0.05) is 19.5 Å². The quantitative estimate of drug-likeness (QED) is 0.586. The average molecular weight is 327 g/mol. The normalized spacial score (nSPS) is 20.1. The number of hydrogen-bond acceptors (Lipinski definition) is 5. The van der Waals surface area contributed by atoms with Crippen LogP contribution in [0.1, 0.15) is 54.4 Å². The maximum atomic E-state index is 12.3. The summed E-state index contributed by atoms with van der Waals surface area (Å²) in [6.07, 6.45) is 1.14. The van der Waals surface area contributed by atoms with Gasteiger partial charge < -0.3 is 19.2 Å². The van der Waals surface area contributed by atoms with E-state index in [2.05, 4.69) is 0 Å². The van der Waals surface area contributed by atoms with Gasteiger partial charge in [-0.2, -0.15) is 0 Å². The highest BCUT2D eigenvalue weighted by molar-refractivity contribution is 5.76. The smallest absolute Gasteiger partial charge is 0.410 e. The lowest BCUT2D eigenvalue weighted by molar-refractivity contribution is -0.162. The third-order valence-corrected chi connectivity index (χ3v) is 3.51. The van der Waals surface area contributed by atoms with E-state index in [0.717, 1.165) is 6.29 Å². The fraction of sp³-hybridized carbons (Fsp3) is 0.824. The van der Waals surface area contributed by atoms with E-state index in [4.69, 9.17) is 9.47 Å². The Morgan fingerprint density at radius 1 is 1.13 bits per heavy atom. The summed E-state index contributed by atoms with van der Waals surface area (Å²) in [5, 5.41) is 0. The van der Waals surface area contributed by atoms with Gasteiger partial charge in [0.05, 0.1) is 5.92 Å². The number of carbonyl (C=O) groups excluding carboxylic acids is 3. The van der Waals surface area contributed by atoms with Crippen molar-refractivity contribution in [1.82, 2.24) is 4.90 Å². The fourth-order valence-electron chi connectivity index (χ4n) is 2.57. The molecule has 1 fully saturated rings. The first-order chi connectivity index (χ1) is 10.4. The second-order valence-electron chi connectivity index (χ2n) is 8.02. The molecule has 0 bridgehead atoms. The van der Waals surface area contributed by atoms with Crippen LogP contribution in [0.3, 0.4) is 0 Å². The Kier molecular flexibility index (Phi) is 6.19. The molecular weight excluding hydrogens is 298 g/mol. The highest BCUT2D eigenvalue weighted by Gasteiger charge is 2.38. The van der Waals surface area contributed by atoms with Crippen molar-refractivity contribution in [2.45, 2.75) is 65.6 Å². The van der Waals surface area contributed by atoms with E-state index < -0.39 is 17.1 Å². The molecule has 132 valence electrons. The molecule has 0 spiro atoms. The Morgan fingerprint density at radius 2 is 1.70 bits per heavy atom. The van der Waals surface area contributed by atoms with E-state index in [9.17, 15) is 14.4 Å². The molecule has 1 saturated heterocycles. The Balaban J connectivity index is 2.71. The Hall–Kier alpha value is -1.59. The van der Waals surface area contributed by atoms with Crippen molar-refractivity contribution in [3.8, 4) is 0 Å². The maximum absolute atomic E-state index is 12.3. The van der Waals surface area contributed by atoms with Crippen LogP contribution in [0, 0.1) is 11.8 Å². The summed E-state index contributed by atoms with van der Waals surface area (Å²) in [5.74, 6) is -0.970. The number of aldehydes is 1. The summed E-state index contributed by atoms with van der Waals surface area (Å²) in [7, 11) is 0. The molecule has 1 amide bonds. The molecule has 1 heterocycles. The molecule has 0 N–H and O–H groups in total. The summed E-state index contributed by atoms with van der Waals surface area (Å²) in [5.41, 5.74) is -1.15. The van der Waals surface area contributed by atoms with Gasteiger partial charge in [-0.05, 0) is 53.9 Å². The Labute approximate surface area is 138 Å². The molecule has 1 aliphatic heterocycles. The number of amides is 1. The van der Waals surface area contributed by atoms with Gasteiger partial charge in [-0.25, -0.2) is 4.79 Å². The lowest BCUT2D eigenvalue weighted by atomic mass is 9.89. The second-order valence-corrected chi connectivity index (χ2v) is 8.02. The molecule has 6 nitrogen and oxygen atoms in total. The molecule has 0 aliphatic carbocycles. The van der Waals surface area contributed by atoms with Crippen molar-refractivity contribution in [2.75, 3.05) is 13.1 Å². The second kappa shape index (κ2) is 7.32. The first-order valence-electron chi connectivity index (χ1n) is 8.07. The summed E-state index contributed by atoms with van der Waals surface area (Å²) < 4.78 is 10.8. The van der Waals surface area contributed by atoms with Crippen molar-refractivity contribution < 1.29 is 23.9 Å². The van der Waals surface area contributed by atoms with Gasteiger partial charge in [0.1, 0.15) is 17.5 Å². The fourth-order valence-corrected chi connectivity index (χ4v) is 2.57. The highest BCUT2D eigenvalue weighted by Crippen LogP contribution is 2.29. The van der Waals surface area contributed by atoms with Crippen LogP contribution < -0.4 is 0 Å². The highest BCUT2D eigenvalue weighted by atomic mass is 16.6. The number of nitrogens with zero attached hydrogens (tertiary/aromatic N) is 1. The van der Waals surface area contributed by atoms with Crippen molar-refractivity contribution >= 4 is 18.3 Å². The Morgan fingerprint density at radius 3 is 2.17 bits per heavy atom. The molecule has 0 aromatic heterocycles. The molecule has 1 rings (SSSR count). The summed E-state index contributed by atoms with van der Waals surface area (Å²) in [4.78, 5) is 37.0. The van der Waals surface area contributed by atoms with Crippen LogP contribution in [0.2, 0.25) is 0 Å². The molecule has 1 aliphatic rings. The summed E-state index contributed by atoms with van der Waals surface area (Å²) >= 11 is 0. The number of esters is 1. The van der Waals surface area contributed by atoms with Gasteiger partial charge in [-0.3, -0.25) is 4.79 Å². The van der Waals surface area contributed by atoms with Crippen molar-refractivity contribution in [3.05, 3.63) is 0 Å². The lowest BCUT2D eigenvalue weighted by Crippen LogP contribution is -2.37. The SMILES string of the molecule is CC(C)(C)OC(=O)[C@@H](CC=O)[C@H]1CCN(C(=O)OC(C)(C)C)C1. The lowest BCUT2D eigenvalue weighted by Gasteiger charge is -2.27. The van der Waals surface area contributed by atoms with Crippen LogP contribution in [-0.4, -0.2) is 47.5 Å². The standard InChI is InChI=1S/C17H29NO5/c1-16(2,3)22-14(20)13(8-10-19)12-7-9-18(11-12)15(21)23-17(4,5)6/h10,12-13H,7-9,11H2,1-6H3/t12-,13-/m0/s1. The molecule has 6 heteroatoms. The van der Waals surface area contributed by atoms with Gasteiger partial charge >= 0.3 is 12.1 Å². The molecule has 0 saturated carbocycles. The number of likely N-dealkylation sites (tertiary alicyclic amines) is 1. The minimum Gasteiger partial charge on any atom is -0.460 e. The monoisotopic (exact) mass is 327 g/mol. The van der Waals surface area contributed by atoms with E-state index in [1.165, 1.54) is 0 Å². The molecule has 0 aromatic rings. The van der Waals surface area contributed by atoms with Crippen molar-refractivity contribution in [3.63, 3.8) is 0 Å². The number of hydrogen-bond donors (Lipinski definition) is 0. The predicted molar refractivity (Wildman–Crippen MR) is 85.9 cm³/mol. The van der Waals surface area contributed by atoms with Gasteiger partial charge in [0.2, 0.25) is 0 Å². The van der Waals surface area contributed by atoms with Crippen LogP contribution in [0.4, 0.5) is 4.79 Å². The number of rotatable bonds is 4. The zero-order chi connectivity index (χ0) is 17.8. The van der Waals surface area contributed by atoms with Gasteiger partial charge in [0.15, 0.2) is 0 Å². The van der Waals surface area contributed by atoms with Gasteiger partial charge in [0.25, 0.3) is 0 Å². The summed E-state index contributed by atoms with van der Waals surface area (Å²) in [6.45, 7) is 11.8.